The van der Waals surface area contributed by atoms with Crippen LogP contribution < -0.4 is 0 Å². The third kappa shape index (κ3) is 8.91. The summed E-state index contributed by atoms with van der Waals surface area (Å²) in [5.41, 5.74) is 0. The largest absolute Gasteiger partial charge is 0.0654 e. The van der Waals surface area contributed by atoms with Gasteiger partial charge in [0.25, 0.3) is 0 Å². The second-order valence-corrected chi connectivity index (χ2v) is 9.95. The van der Waals surface area contributed by atoms with Gasteiger partial charge in [-0.05, 0) is 73.5 Å². The first-order chi connectivity index (χ1) is 11.4. The highest BCUT2D eigenvalue weighted by Gasteiger charge is 2.35. The molecule has 0 nitrogen and oxygen atoms in total. The van der Waals surface area contributed by atoms with Crippen LogP contribution in [0.5, 0.6) is 0 Å². The van der Waals surface area contributed by atoms with E-state index >= 15 is 0 Å². The summed E-state index contributed by atoms with van der Waals surface area (Å²) in [4.78, 5) is 0. The van der Waals surface area contributed by atoms with Crippen molar-refractivity contribution >= 4 is 0 Å². The Bertz CT molecular complexity index is 305. The minimum absolute atomic E-state index is 0.852. The standard InChI is InChI=1S/C24H48/c1-8-10-12-23(20(6)14-19(5)13-18(3)4)16-22(11-9-2)17-24-15-21(24)7/h18-24H,8-17H2,1-7H3. The van der Waals surface area contributed by atoms with E-state index < -0.39 is 0 Å². The molecule has 0 heterocycles. The zero-order valence-corrected chi connectivity index (χ0v) is 18.1. The van der Waals surface area contributed by atoms with Crippen LogP contribution >= 0.6 is 0 Å². The average molecular weight is 337 g/mol. The third-order valence-electron chi connectivity index (χ3n) is 6.63. The summed E-state index contributed by atoms with van der Waals surface area (Å²) in [6, 6.07) is 0. The van der Waals surface area contributed by atoms with Crippen molar-refractivity contribution in [3.63, 3.8) is 0 Å². The fourth-order valence-corrected chi connectivity index (χ4v) is 5.15. The molecule has 0 aromatic rings. The van der Waals surface area contributed by atoms with Gasteiger partial charge in [0.2, 0.25) is 0 Å². The lowest BCUT2D eigenvalue weighted by Crippen LogP contribution is -2.20. The van der Waals surface area contributed by atoms with E-state index in [-0.39, 0.29) is 0 Å². The van der Waals surface area contributed by atoms with Gasteiger partial charge in [-0.1, -0.05) is 80.6 Å². The Balaban J connectivity index is 2.56. The fourth-order valence-electron chi connectivity index (χ4n) is 5.15. The van der Waals surface area contributed by atoms with Crippen molar-refractivity contribution in [3.8, 4) is 0 Å². The molecule has 0 aromatic heterocycles. The van der Waals surface area contributed by atoms with Crippen LogP contribution in [-0.2, 0) is 0 Å². The average Bonchev–Trinajstić information content (AvgIpc) is 3.17. The summed E-state index contributed by atoms with van der Waals surface area (Å²) in [7, 11) is 0. The zero-order chi connectivity index (χ0) is 18.1. The van der Waals surface area contributed by atoms with Gasteiger partial charge >= 0.3 is 0 Å². The predicted molar refractivity (Wildman–Crippen MR) is 110 cm³/mol. The molecule has 0 N–H and O–H groups in total. The molecule has 1 rings (SSSR count). The molecule has 144 valence electrons. The van der Waals surface area contributed by atoms with Crippen LogP contribution in [0.2, 0.25) is 0 Å². The molecular weight excluding hydrogens is 288 g/mol. The van der Waals surface area contributed by atoms with Gasteiger partial charge in [0.1, 0.15) is 0 Å². The van der Waals surface area contributed by atoms with Crippen LogP contribution in [0.1, 0.15) is 113 Å². The maximum absolute atomic E-state index is 2.57. The molecule has 0 aromatic carbocycles. The Hall–Kier alpha value is 0. The number of hydrogen-bond acceptors (Lipinski definition) is 0. The monoisotopic (exact) mass is 336 g/mol. The molecule has 0 amide bonds. The van der Waals surface area contributed by atoms with Gasteiger partial charge in [-0.25, -0.2) is 0 Å². The van der Waals surface area contributed by atoms with E-state index in [4.69, 9.17) is 0 Å². The summed E-state index contributed by atoms with van der Waals surface area (Å²) in [5.74, 6) is 6.76. The van der Waals surface area contributed by atoms with E-state index in [0.717, 1.165) is 41.4 Å². The Morgan fingerprint density at radius 1 is 0.875 bits per heavy atom. The van der Waals surface area contributed by atoms with Crippen molar-refractivity contribution in [1.29, 1.82) is 0 Å². The SMILES string of the molecule is CCCCC(CC(CCC)CC1CC1C)C(C)CC(C)CC(C)C. The lowest BCUT2D eigenvalue weighted by Gasteiger charge is -2.30. The molecule has 0 aliphatic heterocycles. The molecule has 0 heteroatoms. The summed E-state index contributed by atoms with van der Waals surface area (Å²) < 4.78 is 0. The number of unbranched alkanes of at least 4 members (excludes halogenated alkanes) is 1. The van der Waals surface area contributed by atoms with E-state index in [1.54, 1.807) is 0 Å². The van der Waals surface area contributed by atoms with Gasteiger partial charge in [0.15, 0.2) is 0 Å². The highest BCUT2D eigenvalue weighted by Crippen LogP contribution is 2.45. The van der Waals surface area contributed by atoms with Crippen molar-refractivity contribution in [1.82, 2.24) is 0 Å². The van der Waals surface area contributed by atoms with Gasteiger partial charge in [0.05, 0.1) is 0 Å². The minimum Gasteiger partial charge on any atom is -0.0654 e. The van der Waals surface area contributed by atoms with E-state index in [1.165, 1.54) is 64.2 Å². The first-order valence-electron chi connectivity index (χ1n) is 11.4. The molecule has 0 spiro atoms. The second kappa shape index (κ2) is 11.6. The fraction of sp³-hybridized carbons (Fsp3) is 1.00. The lowest BCUT2D eigenvalue weighted by molar-refractivity contribution is 0.205. The van der Waals surface area contributed by atoms with Gasteiger partial charge in [-0.2, -0.15) is 0 Å². The van der Waals surface area contributed by atoms with Crippen LogP contribution in [0.15, 0.2) is 0 Å². The van der Waals surface area contributed by atoms with Crippen LogP contribution in [-0.4, -0.2) is 0 Å². The van der Waals surface area contributed by atoms with Crippen molar-refractivity contribution in [2.24, 2.45) is 41.4 Å². The molecule has 0 radical (unpaired) electrons. The lowest BCUT2D eigenvalue weighted by atomic mass is 9.75. The Morgan fingerprint density at radius 3 is 2.04 bits per heavy atom. The van der Waals surface area contributed by atoms with Crippen LogP contribution in [0, 0.1) is 41.4 Å². The van der Waals surface area contributed by atoms with Crippen molar-refractivity contribution in [2.75, 3.05) is 0 Å². The van der Waals surface area contributed by atoms with Gasteiger partial charge in [-0.3, -0.25) is 0 Å². The number of rotatable bonds is 14. The van der Waals surface area contributed by atoms with Gasteiger partial charge < -0.3 is 0 Å². The number of hydrogen-bond donors (Lipinski definition) is 0. The van der Waals surface area contributed by atoms with Crippen LogP contribution in [0.4, 0.5) is 0 Å². The van der Waals surface area contributed by atoms with E-state index in [0.29, 0.717) is 0 Å². The predicted octanol–water partition coefficient (Wildman–Crippen LogP) is 8.35. The molecule has 1 aliphatic rings. The maximum Gasteiger partial charge on any atom is -0.0383 e. The summed E-state index contributed by atoms with van der Waals surface area (Å²) in [6.07, 6.45) is 14.6. The van der Waals surface area contributed by atoms with Crippen LogP contribution in [0.25, 0.3) is 0 Å². The van der Waals surface area contributed by atoms with Gasteiger partial charge in [-0.15, -0.1) is 0 Å². The smallest absolute Gasteiger partial charge is 0.0383 e. The summed E-state index contributed by atoms with van der Waals surface area (Å²) in [6.45, 7) is 17.0. The normalized spacial score (nSPS) is 25.5. The van der Waals surface area contributed by atoms with Crippen molar-refractivity contribution in [2.45, 2.75) is 113 Å². The molecule has 1 aliphatic carbocycles. The molecule has 0 bridgehead atoms. The summed E-state index contributed by atoms with van der Waals surface area (Å²) >= 11 is 0. The van der Waals surface area contributed by atoms with E-state index in [1.807, 2.05) is 0 Å². The Morgan fingerprint density at radius 2 is 1.54 bits per heavy atom. The molecule has 6 unspecified atom stereocenters. The van der Waals surface area contributed by atoms with Crippen molar-refractivity contribution in [3.05, 3.63) is 0 Å². The quantitative estimate of drug-likeness (QED) is 0.299. The minimum atomic E-state index is 0.852. The van der Waals surface area contributed by atoms with E-state index in [2.05, 4.69) is 48.5 Å². The molecule has 24 heavy (non-hydrogen) atoms. The third-order valence-corrected chi connectivity index (χ3v) is 6.63. The first kappa shape index (κ1) is 22.0. The molecule has 1 saturated carbocycles. The molecular formula is C24H48. The van der Waals surface area contributed by atoms with Crippen molar-refractivity contribution < 1.29 is 0 Å². The topological polar surface area (TPSA) is 0 Å². The Labute approximate surface area is 154 Å². The first-order valence-corrected chi connectivity index (χ1v) is 11.4. The molecule has 0 saturated heterocycles. The van der Waals surface area contributed by atoms with Crippen LogP contribution in [0.3, 0.4) is 0 Å². The second-order valence-electron chi connectivity index (χ2n) is 9.95. The molecule has 6 atom stereocenters. The Kier molecular flexibility index (Phi) is 10.6. The highest BCUT2D eigenvalue weighted by molar-refractivity contribution is 4.85. The highest BCUT2D eigenvalue weighted by atomic mass is 14.4. The zero-order valence-electron chi connectivity index (χ0n) is 18.1. The summed E-state index contributed by atoms with van der Waals surface area (Å²) in [5, 5.41) is 0. The maximum atomic E-state index is 2.57. The van der Waals surface area contributed by atoms with E-state index in [9.17, 15) is 0 Å². The molecule has 1 fully saturated rings. The van der Waals surface area contributed by atoms with Gasteiger partial charge in [0, 0.05) is 0 Å².